The van der Waals surface area contributed by atoms with Crippen LogP contribution in [-0.4, -0.2) is 13.0 Å². The normalized spacial score (nSPS) is 18.6. The van der Waals surface area contributed by atoms with Crippen LogP contribution in [0.15, 0.2) is 48.5 Å². The Labute approximate surface area is 124 Å². The Morgan fingerprint density at radius 1 is 1.15 bits per heavy atom. The Morgan fingerprint density at radius 3 is 2.65 bits per heavy atom. The van der Waals surface area contributed by atoms with Crippen molar-refractivity contribution in [2.45, 2.75) is 18.8 Å². The SMILES string of the molecule is CN1C(=O)CC[C@H](c2ccccc2)c2cc(Cl)ccc21. The lowest BCUT2D eigenvalue weighted by Gasteiger charge is -2.21. The molecule has 0 bridgehead atoms. The van der Waals surface area contributed by atoms with Crippen molar-refractivity contribution in [2.75, 3.05) is 11.9 Å². The van der Waals surface area contributed by atoms with Gasteiger partial charge in [0.1, 0.15) is 0 Å². The standard InChI is InChI=1S/C17H16ClNO/c1-19-16-9-7-13(18)11-15(16)14(8-10-17(19)20)12-5-3-2-4-6-12/h2-7,9,11,14H,8,10H2,1H3/t14-/m1/s1. The van der Waals surface area contributed by atoms with Gasteiger partial charge in [0.15, 0.2) is 0 Å². The number of rotatable bonds is 1. The minimum Gasteiger partial charge on any atom is -0.315 e. The predicted molar refractivity (Wildman–Crippen MR) is 82.4 cm³/mol. The molecule has 0 aliphatic carbocycles. The first kappa shape index (κ1) is 13.2. The van der Waals surface area contributed by atoms with Crippen molar-refractivity contribution in [1.82, 2.24) is 0 Å². The van der Waals surface area contributed by atoms with Crippen molar-refractivity contribution in [3.63, 3.8) is 0 Å². The maximum absolute atomic E-state index is 12.1. The number of carbonyl (C=O) groups excluding carboxylic acids is 1. The number of hydrogen-bond acceptors (Lipinski definition) is 1. The summed E-state index contributed by atoms with van der Waals surface area (Å²) < 4.78 is 0. The second kappa shape index (κ2) is 5.29. The minimum absolute atomic E-state index is 0.159. The van der Waals surface area contributed by atoms with Gasteiger partial charge in [-0.05, 0) is 35.7 Å². The molecule has 1 atom stereocenters. The van der Waals surface area contributed by atoms with Crippen LogP contribution in [0.4, 0.5) is 5.69 Å². The molecule has 0 saturated heterocycles. The van der Waals surface area contributed by atoms with Gasteiger partial charge in [-0.25, -0.2) is 0 Å². The van der Waals surface area contributed by atoms with Crippen LogP contribution in [0, 0.1) is 0 Å². The molecule has 2 aromatic carbocycles. The summed E-state index contributed by atoms with van der Waals surface area (Å²) in [5, 5.41) is 0.715. The molecule has 0 N–H and O–H groups in total. The first-order valence-corrected chi connectivity index (χ1v) is 7.15. The number of nitrogens with zero attached hydrogens (tertiary/aromatic N) is 1. The summed E-state index contributed by atoms with van der Waals surface area (Å²) in [6.45, 7) is 0. The van der Waals surface area contributed by atoms with Crippen molar-refractivity contribution < 1.29 is 4.79 Å². The second-order valence-corrected chi connectivity index (χ2v) is 5.59. The van der Waals surface area contributed by atoms with Crippen LogP contribution in [0.3, 0.4) is 0 Å². The van der Waals surface area contributed by atoms with E-state index in [1.54, 1.807) is 4.90 Å². The van der Waals surface area contributed by atoms with Gasteiger partial charge < -0.3 is 4.90 Å². The summed E-state index contributed by atoms with van der Waals surface area (Å²) in [6, 6.07) is 16.1. The third-order valence-electron chi connectivity index (χ3n) is 3.95. The highest BCUT2D eigenvalue weighted by Gasteiger charge is 2.26. The average molecular weight is 286 g/mol. The van der Waals surface area contributed by atoms with Crippen LogP contribution in [-0.2, 0) is 4.79 Å². The van der Waals surface area contributed by atoms with E-state index in [1.807, 2.05) is 43.4 Å². The van der Waals surface area contributed by atoms with Gasteiger partial charge >= 0.3 is 0 Å². The molecule has 102 valence electrons. The Bertz CT molecular complexity index is 639. The fourth-order valence-corrected chi connectivity index (χ4v) is 3.05. The molecule has 0 saturated carbocycles. The number of anilines is 1. The van der Waals surface area contributed by atoms with Crippen LogP contribution in [0.2, 0.25) is 5.02 Å². The van der Waals surface area contributed by atoms with Gasteiger partial charge in [-0.2, -0.15) is 0 Å². The molecule has 20 heavy (non-hydrogen) atoms. The fraction of sp³-hybridized carbons (Fsp3) is 0.235. The van der Waals surface area contributed by atoms with Crippen LogP contribution in [0.5, 0.6) is 0 Å². The van der Waals surface area contributed by atoms with Gasteiger partial charge in [-0.3, -0.25) is 4.79 Å². The lowest BCUT2D eigenvalue weighted by Crippen LogP contribution is -2.24. The van der Waals surface area contributed by atoms with E-state index in [0.29, 0.717) is 11.4 Å². The van der Waals surface area contributed by atoms with Crippen molar-refractivity contribution in [1.29, 1.82) is 0 Å². The van der Waals surface area contributed by atoms with Gasteiger partial charge in [0, 0.05) is 30.1 Å². The molecular formula is C17H16ClNO. The molecule has 3 heteroatoms. The monoisotopic (exact) mass is 285 g/mol. The van der Waals surface area contributed by atoms with Crippen molar-refractivity contribution >= 4 is 23.2 Å². The van der Waals surface area contributed by atoms with E-state index in [9.17, 15) is 4.79 Å². The summed E-state index contributed by atoms with van der Waals surface area (Å²) in [5.41, 5.74) is 3.34. The summed E-state index contributed by atoms with van der Waals surface area (Å²) in [6.07, 6.45) is 1.38. The Balaban J connectivity index is 2.15. The van der Waals surface area contributed by atoms with E-state index < -0.39 is 0 Å². The van der Waals surface area contributed by atoms with E-state index in [4.69, 9.17) is 11.6 Å². The zero-order chi connectivity index (χ0) is 14.1. The molecular weight excluding hydrogens is 270 g/mol. The minimum atomic E-state index is 0.159. The molecule has 2 nitrogen and oxygen atoms in total. The Hall–Kier alpha value is -1.80. The zero-order valence-electron chi connectivity index (χ0n) is 11.3. The topological polar surface area (TPSA) is 20.3 Å². The lowest BCUT2D eigenvalue weighted by molar-refractivity contribution is -0.118. The second-order valence-electron chi connectivity index (χ2n) is 5.16. The molecule has 1 aliphatic heterocycles. The van der Waals surface area contributed by atoms with Gasteiger partial charge in [0.05, 0.1) is 0 Å². The highest BCUT2D eigenvalue weighted by Crippen LogP contribution is 2.39. The van der Waals surface area contributed by atoms with E-state index in [0.717, 1.165) is 17.7 Å². The molecule has 1 aliphatic rings. The van der Waals surface area contributed by atoms with Gasteiger partial charge in [-0.1, -0.05) is 41.9 Å². The van der Waals surface area contributed by atoms with E-state index in [2.05, 4.69) is 12.1 Å². The first-order valence-electron chi connectivity index (χ1n) is 6.78. The molecule has 0 fully saturated rings. The van der Waals surface area contributed by atoms with Gasteiger partial charge in [0.2, 0.25) is 5.91 Å². The van der Waals surface area contributed by atoms with Crippen LogP contribution < -0.4 is 4.90 Å². The summed E-state index contributed by atoms with van der Waals surface area (Å²) in [4.78, 5) is 13.9. The van der Waals surface area contributed by atoms with E-state index >= 15 is 0 Å². The highest BCUT2D eigenvalue weighted by atomic mass is 35.5. The fourth-order valence-electron chi connectivity index (χ4n) is 2.87. The third kappa shape index (κ3) is 2.32. The number of hydrogen-bond donors (Lipinski definition) is 0. The summed E-state index contributed by atoms with van der Waals surface area (Å²) >= 11 is 6.16. The Kier molecular flexibility index (Phi) is 3.49. The molecule has 0 radical (unpaired) electrons. The number of halogens is 1. The number of carbonyl (C=O) groups is 1. The van der Waals surface area contributed by atoms with Gasteiger partial charge in [-0.15, -0.1) is 0 Å². The smallest absolute Gasteiger partial charge is 0.226 e. The van der Waals surface area contributed by atoms with E-state index in [-0.39, 0.29) is 11.8 Å². The average Bonchev–Trinajstić information content (AvgIpc) is 2.58. The molecule has 3 rings (SSSR count). The van der Waals surface area contributed by atoms with Crippen molar-refractivity contribution in [2.24, 2.45) is 0 Å². The summed E-state index contributed by atoms with van der Waals surface area (Å²) in [5.74, 6) is 0.380. The predicted octanol–water partition coefficient (Wildman–Crippen LogP) is 4.23. The maximum atomic E-state index is 12.1. The van der Waals surface area contributed by atoms with Crippen LogP contribution in [0.25, 0.3) is 0 Å². The number of benzene rings is 2. The van der Waals surface area contributed by atoms with Gasteiger partial charge in [0.25, 0.3) is 0 Å². The van der Waals surface area contributed by atoms with Crippen molar-refractivity contribution in [3.05, 3.63) is 64.7 Å². The first-order chi connectivity index (χ1) is 9.66. The molecule has 1 heterocycles. The van der Waals surface area contributed by atoms with E-state index in [1.165, 1.54) is 5.56 Å². The zero-order valence-corrected chi connectivity index (χ0v) is 12.1. The Morgan fingerprint density at radius 2 is 1.90 bits per heavy atom. The van der Waals surface area contributed by atoms with Crippen molar-refractivity contribution in [3.8, 4) is 0 Å². The molecule has 0 spiro atoms. The molecule has 1 amide bonds. The molecule has 0 aromatic heterocycles. The maximum Gasteiger partial charge on any atom is 0.226 e. The lowest BCUT2D eigenvalue weighted by atomic mass is 9.87. The molecule has 2 aromatic rings. The van der Waals surface area contributed by atoms with Crippen LogP contribution in [0.1, 0.15) is 29.9 Å². The number of amides is 1. The highest BCUT2D eigenvalue weighted by molar-refractivity contribution is 6.30. The quantitative estimate of drug-likeness (QED) is 0.768. The third-order valence-corrected chi connectivity index (χ3v) is 4.18. The largest absolute Gasteiger partial charge is 0.315 e. The van der Waals surface area contributed by atoms with Crippen LogP contribution >= 0.6 is 11.6 Å². The summed E-state index contributed by atoms with van der Waals surface area (Å²) in [7, 11) is 1.84. The number of fused-ring (bicyclic) bond motifs is 1. The molecule has 0 unspecified atom stereocenters.